The molecule has 0 aliphatic carbocycles. The van der Waals surface area contributed by atoms with Crippen LogP contribution in [0, 0.1) is 13.8 Å². The second-order valence-corrected chi connectivity index (χ2v) is 7.83. The Balaban J connectivity index is 3.15. The zero-order valence-electron chi connectivity index (χ0n) is 11.9. The molecule has 0 aromatic heterocycles. The lowest BCUT2D eigenvalue weighted by Gasteiger charge is -2.23. The SMILES string of the molecule is Cc1cc(N)cc(C)c1NC(=O)C(C)(C)S(C)(=O)=O. The summed E-state index contributed by atoms with van der Waals surface area (Å²) >= 11 is 0. The average molecular weight is 284 g/mol. The van der Waals surface area contributed by atoms with Gasteiger partial charge in [0.15, 0.2) is 9.84 Å². The molecule has 0 unspecified atom stereocenters. The van der Waals surface area contributed by atoms with Gasteiger partial charge in [0.25, 0.3) is 0 Å². The highest BCUT2D eigenvalue weighted by molar-refractivity contribution is 7.92. The molecule has 1 amide bonds. The van der Waals surface area contributed by atoms with Crippen molar-refractivity contribution in [3.05, 3.63) is 23.3 Å². The van der Waals surface area contributed by atoms with E-state index in [9.17, 15) is 13.2 Å². The molecule has 0 spiro atoms. The number of benzene rings is 1. The Labute approximate surface area is 114 Å². The number of nitrogen functional groups attached to an aromatic ring is 1. The van der Waals surface area contributed by atoms with Gasteiger partial charge in [-0.3, -0.25) is 4.79 Å². The van der Waals surface area contributed by atoms with Crippen molar-refractivity contribution in [2.24, 2.45) is 0 Å². The van der Waals surface area contributed by atoms with Crippen molar-refractivity contribution in [2.45, 2.75) is 32.4 Å². The van der Waals surface area contributed by atoms with Crippen LogP contribution in [0.3, 0.4) is 0 Å². The summed E-state index contributed by atoms with van der Waals surface area (Å²) in [4.78, 5) is 12.1. The van der Waals surface area contributed by atoms with Gasteiger partial charge >= 0.3 is 0 Å². The standard InChI is InChI=1S/C13H20N2O3S/c1-8-6-10(14)7-9(2)11(8)15-12(16)13(3,4)19(5,17)18/h6-7H,14H2,1-5H3,(H,15,16). The van der Waals surface area contributed by atoms with Crippen molar-refractivity contribution >= 4 is 27.1 Å². The van der Waals surface area contributed by atoms with Crippen LogP contribution < -0.4 is 11.1 Å². The first-order valence-electron chi connectivity index (χ1n) is 5.84. The van der Waals surface area contributed by atoms with Crippen LogP contribution in [0.5, 0.6) is 0 Å². The summed E-state index contributed by atoms with van der Waals surface area (Å²) in [7, 11) is -3.49. The van der Waals surface area contributed by atoms with Crippen LogP contribution in [-0.4, -0.2) is 25.3 Å². The van der Waals surface area contributed by atoms with E-state index < -0.39 is 20.5 Å². The molecule has 0 atom stereocenters. The van der Waals surface area contributed by atoms with E-state index in [1.54, 1.807) is 12.1 Å². The van der Waals surface area contributed by atoms with Crippen LogP contribution in [-0.2, 0) is 14.6 Å². The fourth-order valence-electron chi connectivity index (χ4n) is 1.63. The molecule has 0 aliphatic heterocycles. The molecule has 0 heterocycles. The van der Waals surface area contributed by atoms with Gasteiger partial charge in [0.2, 0.25) is 5.91 Å². The summed E-state index contributed by atoms with van der Waals surface area (Å²) in [6, 6.07) is 3.46. The largest absolute Gasteiger partial charge is 0.399 e. The normalized spacial score (nSPS) is 12.3. The van der Waals surface area contributed by atoms with Gasteiger partial charge in [-0.15, -0.1) is 0 Å². The van der Waals surface area contributed by atoms with Gasteiger partial charge in [-0.1, -0.05) is 0 Å². The number of amides is 1. The first-order chi connectivity index (χ1) is 8.46. The van der Waals surface area contributed by atoms with Crippen molar-refractivity contribution < 1.29 is 13.2 Å². The van der Waals surface area contributed by atoms with Crippen molar-refractivity contribution in [1.82, 2.24) is 0 Å². The summed E-state index contributed by atoms with van der Waals surface area (Å²) in [5.41, 5.74) is 8.52. The highest BCUT2D eigenvalue weighted by Gasteiger charge is 2.38. The molecule has 106 valence electrons. The number of rotatable bonds is 3. The van der Waals surface area contributed by atoms with E-state index in [0.29, 0.717) is 11.4 Å². The molecular weight excluding hydrogens is 264 g/mol. The molecule has 6 heteroatoms. The summed E-state index contributed by atoms with van der Waals surface area (Å²) in [6.07, 6.45) is 1.05. The van der Waals surface area contributed by atoms with Crippen LogP contribution in [0.15, 0.2) is 12.1 Å². The van der Waals surface area contributed by atoms with E-state index in [-0.39, 0.29) is 0 Å². The van der Waals surface area contributed by atoms with E-state index in [1.807, 2.05) is 13.8 Å². The number of hydrogen-bond acceptors (Lipinski definition) is 4. The van der Waals surface area contributed by atoms with Crippen molar-refractivity contribution in [1.29, 1.82) is 0 Å². The molecule has 0 radical (unpaired) electrons. The first-order valence-corrected chi connectivity index (χ1v) is 7.73. The van der Waals surface area contributed by atoms with Gasteiger partial charge < -0.3 is 11.1 Å². The molecule has 0 bridgehead atoms. The lowest BCUT2D eigenvalue weighted by Crippen LogP contribution is -2.44. The maximum atomic E-state index is 12.1. The zero-order chi connectivity index (χ0) is 15.0. The Morgan fingerprint density at radius 3 is 2.00 bits per heavy atom. The lowest BCUT2D eigenvalue weighted by molar-refractivity contribution is -0.117. The Bertz CT molecular complexity index is 596. The monoisotopic (exact) mass is 284 g/mol. The molecule has 19 heavy (non-hydrogen) atoms. The average Bonchev–Trinajstić information content (AvgIpc) is 2.21. The maximum absolute atomic E-state index is 12.1. The third-order valence-electron chi connectivity index (χ3n) is 3.27. The number of carbonyl (C=O) groups is 1. The Morgan fingerprint density at radius 1 is 1.21 bits per heavy atom. The Morgan fingerprint density at radius 2 is 1.63 bits per heavy atom. The topological polar surface area (TPSA) is 89.3 Å². The molecule has 0 fully saturated rings. The fraction of sp³-hybridized carbons (Fsp3) is 0.462. The molecular formula is C13H20N2O3S. The second kappa shape index (κ2) is 4.85. The van der Waals surface area contributed by atoms with Gasteiger partial charge in [0.05, 0.1) is 0 Å². The first kappa shape index (κ1) is 15.5. The van der Waals surface area contributed by atoms with Crippen LogP contribution in [0.1, 0.15) is 25.0 Å². The van der Waals surface area contributed by atoms with Gasteiger partial charge in [0, 0.05) is 17.6 Å². The number of sulfone groups is 1. The third-order valence-corrected chi connectivity index (χ3v) is 5.31. The summed E-state index contributed by atoms with van der Waals surface area (Å²) in [5, 5.41) is 2.68. The predicted molar refractivity (Wildman–Crippen MR) is 77.9 cm³/mol. The minimum atomic E-state index is -3.49. The van der Waals surface area contributed by atoms with E-state index in [4.69, 9.17) is 5.73 Å². The molecule has 1 rings (SSSR count). The molecule has 0 saturated carbocycles. The number of nitrogens with two attached hydrogens (primary N) is 1. The summed E-state index contributed by atoms with van der Waals surface area (Å²) in [5.74, 6) is -0.550. The summed E-state index contributed by atoms with van der Waals surface area (Å²) < 4.78 is 21.8. The van der Waals surface area contributed by atoms with Crippen LogP contribution >= 0.6 is 0 Å². The maximum Gasteiger partial charge on any atom is 0.245 e. The van der Waals surface area contributed by atoms with Gasteiger partial charge in [-0.25, -0.2) is 8.42 Å². The molecule has 1 aromatic carbocycles. The van der Waals surface area contributed by atoms with E-state index in [0.717, 1.165) is 17.4 Å². The highest BCUT2D eigenvalue weighted by atomic mass is 32.2. The highest BCUT2D eigenvalue weighted by Crippen LogP contribution is 2.25. The van der Waals surface area contributed by atoms with Crippen molar-refractivity contribution in [3.63, 3.8) is 0 Å². The fourth-order valence-corrected chi connectivity index (χ4v) is 2.01. The predicted octanol–water partition coefficient (Wildman–Crippen LogP) is 1.65. The number of nitrogens with one attached hydrogen (secondary N) is 1. The zero-order valence-corrected chi connectivity index (χ0v) is 12.7. The van der Waals surface area contributed by atoms with Gasteiger partial charge in [0.1, 0.15) is 4.75 Å². The number of hydrogen-bond donors (Lipinski definition) is 2. The molecule has 0 aliphatic rings. The third kappa shape index (κ3) is 3.07. The molecule has 5 nitrogen and oxygen atoms in total. The van der Waals surface area contributed by atoms with Crippen LogP contribution in [0.2, 0.25) is 0 Å². The van der Waals surface area contributed by atoms with Crippen molar-refractivity contribution in [3.8, 4) is 0 Å². The van der Waals surface area contributed by atoms with Crippen LogP contribution in [0.4, 0.5) is 11.4 Å². The molecule has 3 N–H and O–H groups in total. The quantitative estimate of drug-likeness (QED) is 0.826. The van der Waals surface area contributed by atoms with E-state index in [2.05, 4.69) is 5.32 Å². The summed E-state index contributed by atoms with van der Waals surface area (Å²) in [6.45, 7) is 6.40. The number of carbonyl (C=O) groups excluding carboxylic acids is 1. The Hall–Kier alpha value is -1.56. The Kier molecular flexibility index (Phi) is 3.95. The van der Waals surface area contributed by atoms with Crippen LogP contribution in [0.25, 0.3) is 0 Å². The lowest BCUT2D eigenvalue weighted by atomic mass is 10.1. The number of aryl methyl sites for hydroxylation is 2. The minimum absolute atomic E-state index is 0.550. The van der Waals surface area contributed by atoms with E-state index in [1.165, 1.54) is 13.8 Å². The smallest absolute Gasteiger partial charge is 0.245 e. The molecule has 1 aromatic rings. The second-order valence-electron chi connectivity index (χ2n) is 5.27. The van der Waals surface area contributed by atoms with Gasteiger partial charge in [-0.2, -0.15) is 0 Å². The van der Waals surface area contributed by atoms with Gasteiger partial charge in [-0.05, 0) is 51.0 Å². The molecule has 0 saturated heterocycles. The minimum Gasteiger partial charge on any atom is -0.399 e. The number of anilines is 2. The van der Waals surface area contributed by atoms with Crippen molar-refractivity contribution in [2.75, 3.05) is 17.3 Å². The van der Waals surface area contributed by atoms with E-state index >= 15 is 0 Å².